The first-order valence-electron chi connectivity index (χ1n) is 6.88. The number of nitrogens with zero attached hydrogens (tertiary/aromatic N) is 1. The molecule has 1 aromatic rings. The molecule has 0 aliphatic heterocycles. The molecule has 1 rings (SSSR count). The van der Waals surface area contributed by atoms with Crippen molar-refractivity contribution in [2.75, 3.05) is 26.7 Å². The summed E-state index contributed by atoms with van der Waals surface area (Å²) < 4.78 is 31.7. The highest BCUT2D eigenvalue weighted by Crippen LogP contribution is 2.24. The lowest BCUT2D eigenvalue weighted by molar-refractivity contribution is 0.407. The lowest BCUT2D eigenvalue weighted by Gasteiger charge is -2.19. The van der Waals surface area contributed by atoms with E-state index in [-0.39, 0.29) is 0 Å². The molecule has 1 aromatic carbocycles. The summed E-state index contributed by atoms with van der Waals surface area (Å²) in [6, 6.07) is 5.00. The Bertz CT molecular complexity index is 525. The Morgan fingerprint density at radius 3 is 2.35 bits per heavy atom. The Hall–Kier alpha value is -1.11. The maximum Gasteiger partial charge on any atom is 0.243 e. The molecule has 0 atom stereocenters. The van der Waals surface area contributed by atoms with Crippen molar-refractivity contribution < 1.29 is 13.2 Å². The van der Waals surface area contributed by atoms with Gasteiger partial charge in [-0.05, 0) is 24.7 Å². The second-order valence-corrected chi connectivity index (χ2v) is 6.28. The van der Waals surface area contributed by atoms with Crippen LogP contribution < -0.4 is 10.1 Å². The van der Waals surface area contributed by atoms with Crippen LogP contribution in [-0.4, -0.2) is 39.5 Å². The van der Waals surface area contributed by atoms with Crippen molar-refractivity contribution in [3.05, 3.63) is 23.8 Å². The van der Waals surface area contributed by atoms with Gasteiger partial charge in [0.05, 0.1) is 12.0 Å². The molecule has 0 spiro atoms. The van der Waals surface area contributed by atoms with E-state index >= 15 is 0 Å². The van der Waals surface area contributed by atoms with Gasteiger partial charge in [-0.25, -0.2) is 8.42 Å². The van der Waals surface area contributed by atoms with E-state index in [0.29, 0.717) is 30.3 Å². The number of hydrogen-bond donors (Lipinski definition) is 1. The number of rotatable bonds is 8. The molecule has 0 heterocycles. The maximum absolute atomic E-state index is 12.5. The largest absolute Gasteiger partial charge is 0.496 e. The van der Waals surface area contributed by atoms with Gasteiger partial charge in [-0.15, -0.1) is 0 Å². The highest BCUT2D eigenvalue weighted by molar-refractivity contribution is 7.89. The van der Waals surface area contributed by atoms with Crippen LogP contribution in [0, 0.1) is 0 Å². The summed E-state index contributed by atoms with van der Waals surface area (Å²) in [7, 11) is -1.84. The van der Waals surface area contributed by atoms with Crippen LogP contribution in [0.15, 0.2) is 23.1 Å². The first-order chi connectivity index (χ1) is 9.51. The van der Waals surface area contributed by atoms with E-state index in [2.05, 4.69) is 5.32 Å². The van der Waals surface area contributed by atoms with Gasteiger partial charge in [0.25, 0.3) is 0 Å². The first-order valence-corrected chi connectivity index (χ1v) is 8.32. The van der Waals surface area contributed by atoms with Crippen molar-refractivity contribution >= 4 is 10.0 Å². The van der Waals surface area contributed by atoms with Crippen LogP contribution in [0.3, 0.4) is 0 Å². The topological polar surface area (TPSA) is 58.6 Å². The zero-order valence-electron chi connectivity index (χ0n) is 12.6. The Kier molecular flexibility index (Phi) is 6.45. The monoisotopic (exact) mass is 300 g/mol. The van der Waals surface area contributed by atoms with Crippen molar-refractivity contribution in [1.82, 2.24) is 9.62 Å². The number of ether oxygens (including phenoxy) is 1. The van der Waals surface area contributed by atoms with E-state index in [4.69, 9.17) is 4.74 Å². The zero-order chi connectivity index (χ0) is 15.2. The third kappa shape index (κ3) is 3.71. The number of hydrogen-bond acceptors (Lipinski definition) is 4. The van der Waals surface area contributed by atoms with Crippen molar-refractivity contribution in [2.24, 2.45) is 0 Å². The van der Waals surface area contributed by atoms with E-state index in [1.165, 1.54) is 4.31 Å². The summed E-state index contributed by atoms with van der Waals surface area (Å²) in [6.45, 7) is 8.01. The molecule has 5 nitrogen and oxygen atoms in total. The van der Waals surface area contributed by atoms with Crippen molar-refractivity contribution in [3.8, 4) is 5.75 Å². The second-order valence-electron chi connectivity index (χ2n) is 4.34. The average Bonchev–Trinajstić information content (AvgIpc) is 2.45. The van der Waals surface area contributed by atoms with Gasteiger partial charge >= 0.3 is 0 Å². The van der Waals surface area contributed by atoms with E-state index in [1.54, 1.807) is 25.3 Å². The van der Waals surface area contributed by atoms with Crippen molar-refractivity contribution in [1.29, 1.82) is 0 Å². The number of methoxy groups -OCH3 is 1. The van der Waals surface area contributed by atoms with E-state index in [1.807, 2.05) is 20.8 Å². The average molecular weight is 300 g/mol. The summed E-state index contributed by atoms with van der Waals surface area (Å²) in [6.07, 6.45) is 0. The van der Waals surface area contributed by atoms with Crippen LogP contribution in [0.1, 0.15) is 26.3 Å². The van der Waals surface area contributed by atoms with Crippen molar-refractivity contribution in [2.45, 2.75) is 32.2 Å². The summed E-state index contributed by atoms with van der Waals surface area (Å²) in [4.78, 5) is 0.315. The Morgan fingerprint density at radius 1 is 1.20 bits per heavy atom. The summed E-state index contributed by atoms with van der Waals surface area (Å²) in [5, 5.41) is 3.19. The normalized spacial score (nSPS) is 11.8. The minimum atomic E-state index is -3.42. The molecule has 114 valence electrons. The lowest BCUT2D eigenvalue weighted by Crippen LogP contribution is -2.30. The summed E-state index contributed by atoms with van der Waals surface area (Å²) in [5.41, 5.74) is 0.850. The SMILES string of the molecule is CCNCc1cc(S(=O)(=O)N(CC)CC)ccc1OC. The molecule has 20 heavy (non-hydrogen) atoms. The van der Waals surface area contributed by atoms with E-state index in [0.717, 1.165) is 12.1 Å². The minimum Gasteiger partial charge on any atom is -0.496 e. The van der Waals surface area contributed by atoms with Gasteiger partial charge < -0.3 is 10.1 Å². The molecule has 0 amide bonds. The number of benzene rings is 1. The molecular formula is C14H24N2O3S. The first kappa shape index (κ1) is 16.9. The molecule has 0 unspecified atom stereocenters. The van der Waals surface area contributed by atoms with Gasteiger partial charge in [-0.3, -0.25) is 0 Å². The van der Waals surface area contributed by atoms with E-state index < -0.39 is 10.0 Å². The van der Waals surface area contributed by atoms with Crippen LogP contribution in [0.2, 0.25) is 0 Å². The molecule has 0 aromatic heterocycles. The maximum atomic E-state index is 12.5. The van der Waals surface area contributed by atoms with Crippen LogP contribution in [-0.2, 0) is 16.6 Å². The fraction of sp³-hybridized carbons (Fsp3) is 0.571. The third-order valence-electron chi connectivity index (χ3n) is 3.16. The predicted molar refractivity (Wildman–Crippen MR) is 80.5 cm³/mol. The molecule has 0 aliphatic carbocycles. The summed E-state index contributed by atoms with van der Waals surface area (Å²) in [5.74, 6) is 0.699. The molecule has 0 saturated heterocycles. The van der Waals surface area contributed by atoms with Crippen molar-refractivity contribution in [3.63, 3.8) is 0 Å². The highest BCUT2D eigenvalue weighted by Gasteiger charge is 2.22. The molecule has 0 radical (unpaired) electrons. The smallest absolute Gasteiger partial charge is 0.243 e. The summed E-state index contributed by atoms with van der Waals surface area (Å²) >= 11 is 0. The van der Waals surface area contributed by atoms with Crippen LogP contribution in [0.25, 0.3) is 0 Å². The number of nitrogens with one attached hydrogen (secondary N) is 1. The fourth-order valence-corrected chi connectivity index (χ4v) is 3.53. The van der Waals surface area contributed by atoms with Crippen LogP contribution >= 0.6 is 0 Å². The third-order valence-corrected chi connectivity index (χ3v) is 5.21. The molecule has 0 bridgehead atoms. The lowest BCUT2D eigenvalue weighted by atomic mass is 10.2. The predicted octanol–water partition coefficient (Wildman–Crippen LogP) is 1.84. The van der Waals surface area contributed by atoms with Gasteiger partial charge in [0.2, 0.25) is 10.0 Å². The second kappa shape index (κ2) is 7.61. The van der Waals surface area contributed by atoms with Gasteiger partial charge in [0.1, 0.15) is 5.75 Å². The molecule has 0 aliphatic rings. The van der Waals surface area contributed by atoms with Gasteiger partial charge in [-0.1, -0.05) is 20.8 Å². The van der Waals surface area contributed by atoms with Gasteiger partial charge in [0.15, 0.2) is 0 Å². The Labute approximate surface area is 122 Å². The fourth-order valence-electron chi connectivity index (χ4n) is 2.03. The Morgan fingerprint density at radius 2 is 1.85 bits per heavy atom. The standard InChI is InChI=1S/C14H24N2O3S/c1-5-15-11-12-10-13(8-9-14(12)19-4)20(17,18)16(6-2)7-3/h8-10,15H,5-7,11H2,1-4H3. The number of sulfonamides is 1. The van der Waals surface area contributed by atoms with Gasteiger partial charge in [0, 0.05) is 25.2 Å². The quantitative estimate of drug-likeness (QED) is 0.796. The molecule has 0 saturated carbocycles. The minimum absolute atomic E-state index is 0.315. The Balaban J connectivity index is 3.19. The van der Waals surface area contributed by atoms with Gasteiger partial charge in [-0.2, -0.15) is 4.31 Å². The molecule has 6 heteroatoms. The highest BCUT2D eigenvalue weighted by atomic mass is 32.2. The van der Waals surface area contributed by atoms with Crippen LogP contribution in [0.5, 0.6) is 5.75 Å². The molecule has 0 fully saturated rings. The molecular weight excluding hydrogens is 276 g/mol. The van der Waals surface area contributed by atoms with E-state index in [9.17, 15) is 8.42 Å². The van der Waals surface area contributed by atoms with Crippen LogP contribution in [0.4, 0.5) is 0 Å². The molecule has 1 N–H and O–H groups in total. The zero-order valence-corrected chi connectivity index (χ0v) is 13.5.